The molecule has 0 unspecified atom stereocenters. The third-order valence-corrected chi connectivity index (χ3v) is 5.39. The van der Waals surface area contributed by atoms with E-state index in [-0.39, 0.29) is 5.82 Å². The Balaban J connectivity index is 1.25. The van der Waals surface area contributed by atoms with Crippen LogP contribution < -0.4 is 9.47 Å². The molecule has 5 heteroatoms. The van der Waals surface area contributed by atoms with E-state index in [1.807, 2.05) is 48.5 Å². The van der Waals surface area contributed by atoms with Gasteiger partial charge in [0, 0.05) is 45.3 Å². The highest BCUT2D eigenvalue weighted by atomic mass is 19.1. The SMILES string of the molecule is COc1cccc(Oc2ccc(CN3CCN(Cc4ccc(F)cc4)CC3)cc2)c1. The topological polar surface area (TPSA) is 24.9 Å². The van der Waals surface area contributed by atoms with Crippen molar-refractivity contribution in [2.24, 2.45) is 0 Å². The molecule has 30 heavy (non-hydrogen) atoms. The van der Waals surface area contributed by atoms with Crippen molar-refractivity contribution in [1.29, 1.82) is 0 Å². The van der Waals surface area contributed by atoms with Crippen LogP contribution in [0.1, 0.15) is 11.1 Å². The molecule has 0 amide bonds. The van der Waals surface area contributed by atoms with Crippen molar-refractivity contribution in [3.63, 3.8) is 0 Å². The van der Waals surface area contributed by atoms with Crippen LogP contribution in [-0.4, -0.2) is 43.1 Å². The summed E-state index contributed by atoms with van der Waals surface area (Å²) in [6, 6.07) is 22.7. The Morgan fingerprint density at radius 2 is 1.23 bits per heavy atom. The number of hydrogen-bond acceptors (Lipinski definition) is 4. The van der Waals surface area contributed by atoms with Crippen LogP contribution in [0, 0.1) is 5.82 Å². The van der Waals surface area contributed by atoms with Crippen molar-refractivity contribution in [2.75, 3.05) is 33.3 Å². The summed E-state index contributed by atoms with van der Waals surface area (Å²) in [6.45, 7) is 5.92. The van der Waals surface area contributed by atoms with Gasteiger partial charge in [0.15, 0.2) is 0 Å². The van der Waals surface area contributed by atoms with Crippen molar-refractivity contribution in [3.8, 4) is 17.2 Å². The summed E-state index contributed by atoms with van der Waals surface area (Å²) in [5.41, 5.74) is 2.44. The van der Waals surface area contributed by atoms with E-state index in [4.69, 9.17) is 9.47 Å². The minimum absolute atomic E-state index is 0.177. The molecule has 0 aliphatic carbocycles. The van der Waals surface area contributed by atoms with Gasteiger partial charge in [-0.3, -0.25) is 9.80 Å². The fourth-order valence-corrected chi connectivity index (χ4v) is 3.68. The molecular formula is C25H27FN2O2. The molecule has 4 nitrogen and oxygen atoms in total. The minimum atomic E-state index is -0.177. The maximum absolute atomic E-state index is 13.1. The number of hydrogen-bond donors (Lipinski definition) is 0. The van der Waals surface area contributed by atoms with Gasteiger partial charge >= 0.3 is 0 Å². The van der Waals surface area contributed by atoms with E-state index < -0.39 is 0 Å². The largest absolute Gasteiger partial charge is 0.497 e. The molecule has 0 aromatic heterocycles. The van der Waals surface area contributed by atoms with Gasteiger partial charge in [-0.05, 0) is 47.5 Å². The third kappa shape index (κ3) is 5.59. The molecule has 0 N–H and O–H groups in total. The lowest BCUT2D eigenvalue weighted by Gasteiger charge is -2.34. The molecule has 0 saturated carbocycles. The number of nitrogens with zero attached hydrogens (tertiary/aromatic N) is 2. The van der Waals surface area contributed by atoms with Crippen LogP contribution in [0.3, 0.4) is 0 Å². The Kier molecular flexibility index (Phi) is 6.62. The first-order valence-corrected chi connectivity index (χ1v) is 10.3. The van der Waals surface area contributed by atoms with E-state index in [1.165, 1.54) is 17.7 Å². The number of halogens is 1. The lowest BCUT2D eigenvalue weighted by atomic mass is 10.1. The van der Waals surface area contributed by atoms with Crippen LogP contribution in [0.15, 0.2) is 72.8 Å². The van der Waals surface area contributed by atoms with E-state index >= 15 is 0 Å². The lowest BCUT2D eigenvalue weighted by molar-refractivity contribution is 0.122. The third-order valence-electron chi connectivity index (χ3n) is 5.39. The Hall–Kier alpha value is -2.89. The molecule has 1 aliphatic rings. The van der Waals surface area contributed by atoms with Gasteiger partial charge in [-0.15, -0.1) is 0 Å². The summed E-state index contributed by atoms with van der Waals surface area (Å²) < 4.78 is 24.2. The summed E-state index contributed by atoms with van der Waals surface area (Å²) in [4.78, 5) is 4.90. The number of methoxy groups -OCH3 is 1. The van der Waals surface area contributed by atoms with E-state index in [9.17, 15) is 4.39 Å². The first-order chi connectivity index (χ1) is 14.7. The molecule has 4 rings (SSSR count). The number of benzene rings is 3. The van der Waals surface area contributed by atoms with Crippen molar-refractivity contribution < 1.29 is 13.9 Å². The van der Waals surface area contributed by atoms with E-state index in [0.29, 0.717) is 0 Å². The first kappa shape index (κ1) is 20.4. The summed E-state index contributed by atoms with van der Waals surface area (Å²) in [5.74, 6) is 2.18. The van der Waals surface area contributed by atoms with Crippen LogP contribution in [0.25, 0.3) is 0 Å². The summed E-state index contributed by atoms with van der Waals surface area (Å²) >= 11 is 0. The summed E-state index contributed by atoms with van der Waals surface area (Å²) in [6.07, 6.45) is 0. The highest BCUT2D eigenvalue weighted by Crippen LogP contribution is 2.25. The molecule has 1 fully saturated rings. The maximum Gasteiger partial charge on any atom is 0.131 e. The molecule has 0 radical (unpaired) electrons. The Morgan fingerprint density at radius 3 is 1.80 bits per heavy atom. The van der Waals surface area contributed by atoms with Crippen molar-refractivity contribution in [1.82, 2.24) is 9.80 Å². The predicted octanol–water partition coefficient (Wildman–Crippen LogP) is 4.94. The number of piperazine rings is 1. The number of rotatable bonds is 7. The molecule has 0 spiro atoms. The van der Waals surface area contributed by atoms with Crippen LogP contribution in [0.2, 0.25) is 0 Å². The molecule has 0 bridgehead atoms. The van der Waals surface area contributed by atoms with Gasteiger partial charge in [-0.1, -0.05) is 30.3 Å². The average molecular weight is 407 g/mol. The quantitative estimate of drug-likeness (QED) is 0.555. The van der Waals surface area contributed by atoms with Gasteiger partial charge in [-0.25, -0.2) is 4.39 Å². The van der Waals surface area contributed by atoms with E-state index in [1.54, 1.807) is 7.11 Å². The summed E-state index contributed by atoms with van der Waals surface area (Å²) in [5, 5.41) is 0. The Morgan fingerprint density at radius 1 is 0.700 bits per heavy atom. The van der Waals surface area contributed by atoms with Gasteiger partial charge in [0.1, 0.15) is 23.1 Å². The van der Waals surface area contributed by atoms with Crippen LogP contribution >= 0.6 is 0 Å². The molecule has 0 atom stereocenters. The fraction of sp³-hybridized carbons (Fsp3) is 0.280. The average Bonchev–Trinajstić information content (AvgIpc) is 2.78. The second-order valence-electron chi connectivity index (χ2n) is 7.60. The normalized spacial score (nSPS) is 15.1. The van der Waals surface area contributed by atoms with Crippen molar-refractivity contribution in [2.45, 2.75) is 13.1 Å². The first-order valence-electron chi connectivity index (χ1n) is 10.3. The molecule has 1 saturated heterocycles. The molecule has 3 aromatic carbocycles. The van der Waals surface area contributed by atoms with Gasteiger partial charge in [-0.2, -0.15) is 0 Å². The smallest absolute Gasteiger partial charge is 0.131 e. The van der Waals surface area contributed by atoms with Gasteiger partial charge in [0.25, 0.3) is 0 Å². The zero-order valence-corrected chi connectivity index (χ0v) is 17.3. The predicted molar refractivity (Wildman–Crippen MR) is 116 cm³/mol. The van der Waals surface area contributed by atoms with Crippen molar-refractivity contribution >= 4 is 0 Å². The highest BCUT2D eigenvalue weighted by molar-refractivity contribution is 5.37. The van der Waals surface area contributed by atoms with Crippen molar-refractivity contribution in [3.05, 3.63) is 89.7 Å². The Bertz CT molecular complexity index is 936. The molecule has 156 valence electrons. The second-order valence-corrected chi connectivity index (χ2v) is 7.60. The fourth-order valence-electron chi connectivity index (χ4n) is 3.68. The van der Waals surface area contributed by atoms with Gasteiger partial charge in [0.05, 0.1) is 7.11 Å². The van der Waals surface area contributed by atoms with Crippen LogP contribution in [-0.2, 0) is 13.1 Å². The summed E-state index contributed by atoms with van der Waals surface area (Å²) in [7, 11) is 1.65. The highest BCUT2D eigenvalue weighted by Gasteiger charge is 2.17. The zero-order valence-electron chi connectivity index (χ0n) is 17.3. The monoisotopic (exact) mass is 406 g/mol. The molecule has 1 heterocycles. The Labute approximate surface area is 177 Å². The van der Waals surface area contributed by atoms with Gasteiger partial charge < -0.3 is 9.47 Å². The molecule has 1 aliphatic heterocycles. The standard InChI is InChI=1S/C25H27FN2O2/c1-29-24-3-2-4-25(17-24)30-23-11-7-21(8-12-23)19-28-15-13-27(14-16-28)18-20-5-9-22(26)10-6-20/h2-12,17H,13-16,18-19H2,1H3. The van der Waals surface area contributed by atoms with Gasteiger partial charge in [0.2, 0.25) is 0 Å². The zero-order chi connectivity index (χ0) is 20.8. The maximum atomic E-state index is 13.1. The van der Waals surface area contributed by atoms with E-state index in [0.717, 1.165) is 62.1 Å². The number of ether oxygens (including phenoxy) is 2. The molecule has 3 aromatic rings. The minimum Gasteiger partial charge on any atom is -0.497 e. The lowest BCUT2D eigenvalue weighted by Crippen LogP contribution is -2.45. The van der Waals surface area contributed by atoms with E-state index in [2.05, 4.69) is 21.9 Å². The molecular weight excluding hydrogens is 379 g/mol. The van der Waals surface area contributed by atoms with Crippen LogP contribution in [0.4, 0.5) is 4.39 Å². The second kappa shape index (κ2) is 9.74. The van der Waals surface area contributed by atoms with Crippen LogP contribution in [0.5, 0.6) is 17.2 Å².